The molecule has 0 unspecified atom stereocenters. The molecule has 1 amide bonds. The zero-order valence-corrected chi connectivity index (χ0v) is 15.8. The van der Waals surface area contributed by atoms with Crippen LogP contribution in [0.3, 0.4) is 0 Å². The summed E-state index contributed by atoms with van der Waals surface area (Å²) < 4.78 is 5.31. The van der Waals surface area contributed by atoms with Gasteiger partial charge in [-0.2, -0.15) is 10.5 Å². The molecule has 12 heteroatoms. The molecule has 1 heterocycles. The number of rotatable bonds is 8. The number of nitrogens with one attached hydrogen (secondary N) is 2. The molecule has 4 N–H and O–H groups in total. The van der Waals surface area contributed by atoms with Crippen LogP contribution in [0, 0.1) is 22.7 Å². The van der Waals surface area contributed by atoms with E-state index in [4.69, 9.17) is 44.2 Å². The molecule has 0 bridgehead atoms. The van der Waals surface area contributed by atoms with Crippen LogP contribution in [0.15, 0.2) is 24.5 Å². The van der Waals surface area contributed by atoms with Crippen LogP contribution in [0.25, 0.3) is 0 Å². The number of aromatic nitrogens is 2. The fraction of sp³-hybridized carbons (Fsp3) is 0.188. The third-order valence-electron chi connectivity index (χ3n) is 3.26. The van der Waals surface area contributed by atoms with E-state index in [0.29, 0.717) is 10.8 Å². The van der Waals surface area contributed by atoms with Gasteiger partial charge in [-0.3, -0.25) is 15.6 Å². The van der Waals surface area contributed by atoms with Gasteiger partial charge in [0.1, 0.15) is 30.9 Å². The molecule has 1 aromatic carbocycles. The molecule has 0 aliphatic heterocycles. The maximum absolute atomic E-state index is 12.0. The number of benzene rings is 1. The minimum absolute atomic E-state index is 0.0648. The highest BCUT2D eigenvalue weighted by molar-refractivity contribution is 6.35. The van der Waals surface area contributed by atoms with Crippen LogP contribution in [0.5, 0.6) is 5.75 Å². The van der Waals surface area contributed by atoms with Crippen molar-refractivity contribution in [3.8, 4) is 17.9 Å². The highest BCUT2D eigenvalue weighted by atomic mass is 35.5. The number of ether oxygens (including phenoxy) is 1. The van der Waals surface area contributed by atoms with Crippen LogP contribution in [0.4, 0.5) is 17.3 Å². The molecule has 0 saturated heterocycles. The van der Waals surface area contributed by atoms with Crippen LogP contribution in [0.2, 0.25) is 10.0 Å². The van der Waals surface area contributed by atoms with E-state index in [1.54, 1.807) is 12.1 Å². The van der Waals surface area contributed by atoms with Gasteiger partial charge in [0.2, 0.25) is 0 Å². The van der Waals surface area contributed by atoms with Crippen molar-refractivity contribution in [2.75, 3.05) is 35.8 Å². The maximum Gasteiger partial charge on any atom is 0.276 e. The number of halogens is 2. The lowest BCUT2D eigenvalue weighted by Gasteiger charge is -2.20. The maximum atomic E-state index is 12.0. The summed E-state index contributed by atoms with van der Waals surface area (Å²) in [6.07, 6.45) is 1.19. The quantitative estimate of drug-likeness (QED) is 0.427. The molecule has 28 heavy (non-hydrogen) atoms. The Morgan fingerprint density at radius 3 is 2.61 bits per heavy atom. The van der Waals surface area contributed by atoms with Crippen molar-refractivity contribution in [2.45, 2.75) is 0 Å². The number of hydrazine groups is 1. The zero-order chi connectivity index (χ0) is 20.5. The fourth-order valence-electron chi connectivity index (χ4n) is 2.01. The number of hydrogen-bond donors (Lipinski definition) is 3. The van der Waals surface area contributed by atoms with Gasteiger partial charge in [0, 0.05) is 5.02 Å². The van der Waals surface area contributed by atoms with E-state index in [0.717, 1.165) is 0 Å². The van der Waals surface area contributed by atoms with Crippen LogP contribution >= 0.6 is 23.2 Å². The Balaban J connectivity index is 1.98. The van der Waals surface area contributed by atoms with Gasteiger partial charge in [0.25, 0.3) is 5.91 Å². The Hall–Kier alpha value is -3.47. The molecular weight excluding hydrogens is 407 g/mol. The highest BCUT2D eigenvalue weighted by Gasteiger charge is 2.15. The molecular formula is C16H14Cl2N8O2. The first-order valence-corrected chi connectivity index (χ1v) is 8.44. The number of carbonyl (C=O) groups excluding carboxylic acids is 1. The summed E-state index contributed by atoms with van der Waals surface area (Å²) in [5.41, 5.74) is 11.0. The van der Waals surface area contributed by atoms with Crippen molar-refractivity contribution in [1.82, 2.24) is 15.4 Å². The molecule has 1 aromatic heterocycles. The largest absolute Gasteiger partial charge is 0.482 e. The van der Waals surface area contributed by atoms with Crippen molar-refractivity contribution in [3.05, 3.63) is 34.6 Å². The molecule has 0 aliphatic rings. The van der Waals surface area contributed by atoms with Gasteiger partial charge in [-0.15, -0.1) is 0 Å². The topological polar surface area (TPSA) is 153 Å². The third kappa shape index (κ3) is 5.51. The number of carbonyl (C=O) groups is 1. The Kier molecular flexibility index (Phi) is 7.45. The lowest BCUT2D eigenvalue weighted by atomic mass is 10.3. The Bertz CT molecular complexity index is 925. The first-order chi connectivity index (χ1) is 13.5. The molecule has 144 valence electrons. The normalized spacial score (nSPS) is 9.71. The van der Waals surface area contributed by atoms with E-state index in [2.05, 4.69) is 20.8 Å². The highest BCUT2D eigenvalue weighted by Crippen LogP contribution is 2.27. The van der Waals surface area contributed by atoms with Crippen molar-refractivity contribution < 1.29 is 9.53 Å². The van der Waals surface area contributed by atoms with E-state index in [1.165, 1.54) is 17.3 Å². The van der Waals surface area contributed by atoms with Crippen LogP contribution in [-0.4, -0.2) is 35.6 Å². The summed E-state index contributed by atoms with van der Waals surface area (Å²) in [6.45, 7) is -0.506. The predicted molar refractivity (Wildman–Crippen MR) is 104 cm³/mol. The number of amides is 1. The average Bonchev–Trinajstić information content (AvgIpc) is 2.66. The lowest BCUT2D eigenvalue weighted by molar-refractivity contribution is -0.122. The minimum atomic E-state index is -0.531. The Morgan fingerprint density at radius 2 is 1.96 bits per heavy atom. The third-order valence-corrected chi connectivity index (χ3v) is 3.79. The predicted octanol–water partition coefficient (Wildman–Crippen LogP) is 1.74. The van der Waals surface area contributed by atoms with Gasteiger partial charge in [-0.25, -0.2) is 9.97 Å². The molecule has 0 radical (unpaired) electrons. The van der Waals surface area contributed by atoms with Crippen LogP contribution in [-0.2, 0) is 4.79 Å². The molecule has 0 aliphatic carbocycles. The monoisotopic (exact) mass is 420 g/mol. The van der Waals surface area contributed by atoms with Gasteiger partial charge in [-0.1, -0.05) is 23.2 Å². The number of anilines is 3. The average molecular weight is 421 g/mol. The number of nitrogen functional groups attached to an aromatic ring is 1. The van der Waals surface area contributed by atoms with E-state index in [9.17, 15) is 4.79 Å². The van der Waals surface area contributed by atoms with Gasteiger partial charge in [-0.05, 0) is 18.2 Å². The summed E-state index contributed by atoms with van der Waals surface area (Å²) in [7, 11) is 0. The van der Waals surface area contributed by atoms with Gasteiger partial charge < -0.3 is 15.4 Å². The van der Waals surface area contributed by atoms with Crippen molar-refractivity contribution in [2.24, 2.45) is 0 Å². The number of nitrogens with zero attached hydrogens (tertiary/aromatic N) is 5. The smallest absolute Gasteiger partial charge is 0.276 e. The minimum Gasteiger partial charge on any atom is -0.482 e. The molecule has 2 rings (SSSR count). The van der Waals surface area contributed by atoms with Crippen molar-refractivity contribution in [1.29, 1.82) is 10.5 Å². The van der Waals surface area contributed by atoms with E-state index >= 15 is 0 Å². The molecule has 10 nitrogen and oxygen atoms in total. The second-order valence-electron chi connectivity index (χ2n) is 5.17. The number of nitrogens with two attached hydrogens (primary N) is 1. The van der Waals surface area contributed by atoms with Crippen molar-refractivity contribution >= 4 is 46.4 Å². The lowest BCUT2D eigenvalue weighted by Crippen LogP contribution is -2.34. The second-order valence-corrected chi connectivity index (χ2v) is 6.01. The summed E-state index contributed by atoms with van der Waals surface area (Å²) in [5, 5.41) is 18.4. The molecule has 2 aromatic rings. The Labute approximate surface area is 170 Å². The van der Waals surface area contributed by atoms with E-state index in [-0.39, 0.29) is 42.0 Å². The first kappa shape index (κ1) is 20.8. The van der Waals surface area contributed by atoms with Gasteiger partial charge in [0.15, 0.2) is 18.2 Å². The SMILES string of the molecule is N#CCN(CC#N)c1ncnc(NNC(=O)COc2ccc(Cl)cc2Cl)c1N. The van der Waals surface area contributed by atoms with Gasteiger partial charge in [0.05, 0.1) is 17.2 Å². The van der Waals surface area contributed by atoms with Crippen LogP contribution in [0.1, 0.15) is 0 Å². The summed E-state index contributed by atoms with van der Waals surface area (Å²) >= 11 is 11.8. The van der Waals surface area contributed by atoms with Crippen molar-refractivity contribution in [3.63, 3.8) is 0 Å². The fourth-order valence-corrected chi connectivity index (χ4v) is 2.48. The summed E-state index contributed by atoms with van der Waals surface area (Å²) in [5.74, 6) is 0.0630. The van der Waals surface area contributed by atoms with E-state index < -0.39 is 5.91 Å². The molecule has 0 fully saturated rings. The van der Waals surface area contributed by atoms with E-state index in [1.807, 2.05) is 12.1 Å². The number of hydrogen-bond acceptors (Lipinski definition) is 9. The standard InChI is InChI=1S/C16H14Cl2N8O2/c17-10-1-2-12(11(18)7-10)28-8-13(27)24-25-15-14(21)16(23-9-22-15)26(5-3-19)6-4-20/h1-2,7,9H,5-6,8,21H2,(H,24,27)(H,22,23,25). The summed E-state index contributed by atoms with van der Waals surface area (Å²) in [6, 6.07) is 8.46. The molecule has 0 spiro atoms. The number of nitriles is 2. The zero-order valence-electron chi connectivity index (χ0n) is 14.3. The van der Waals surface area contributed by atoms with Crippen LogP contribution < -0.4 is 26.2 Å². The Morgan fingerprint density at radius 1 is 1.25 bits per heavy atom. The molecule has 0 atom stereocenters. The summed E-state index contributed by atoms with van der Waals surface area (Å²) in [4.78, 5) is 21.2. The second kappa shape index (κ2) is 10.0. The first-order valence-electron chi connectivity index (χ1n) is 7.68. The van der Waals surface area contributed by atoms with Gasteiger partial charge >= 0.3 is 0 Å². The molecule has 0 saturated carbocycles.